The summed E-state index contributed by atoms with van der Waals surface area (Å²) >= 11 is 0. The Labute approximate surface area is 132 Å². The zero-order valence-electron chi connectivity index (χ0n) is 14.5. The molecule has 0 radical (unpaired) electrons. The maximum absolute atomic E-state index is 12.4. The van der Waals surface area contributed by atoms with Crippen LogP contribution in [0.15, 0.2) is 12.2 Å². The van der Waals surface area contributed by atoms with E-state index in [9.17, 15) is 9.59 Å². The minimum atomic E-state index is -0.758. The van der Waals surface area contributed by atoms with Crippen LogP contribution in [0, 0.1) is 5.92 Å². The van der Waals surface area contributed by atoms with Gasteiger partial charge in [-0.05, 0) is 41.5 Å². The Kier molecular flexibility index (Phi) is 5.62. The molecule has 1 fully saturated rings. The lowest BCUT2D eigenvalue weighted by Crippen LogP contribution is -2.49. The number of ether oxygens (including phenoxy) is 3. The number of hydrogen-bond acceptors (Lipinski definition) is 5. The molecule has 1 saturated heterocycles. The van der Waals surface area contributed by atoms with Crippen molar-refractivity contribution in [3.63, 3.8) is 0 Å². The van der Waals surface area contributed by atoms with Crippen LogP contribution >= 0.6 is 0 Å². The van der Waals surface area contributed by atoms with E-state index in [1.807, 2.05) is 34.6 Å². The lowest BCUT2D eigenvalue weighted by atomic mass is 10.1. The lowest BCUT2D eigenvalue weighted by Gasteiger charge is -2.34. The van der Waals surface area contributed by atoms with E-state index in [-0.39, 0.29) is 17.9 Å². The summed E-state index contributed by atoms with van der Waals surface area (Å²) in [7, 11) is 1.35. The van der Waals surface area contributed by atoms with Crippen LogP contribution in [-0.4, -0.2) is 48.0 Å². The van der Waals surface area contributed by atoms with Gasteiger partial charge in [0.15, 0.2) is 0 Å². The van der Waals surface area contributed by atoms with Crippen molar-refractivity contribution in [1.82, 2.24) is 4.90 Å². The van der Waals surface area contributed by atoms with Gasteiger partial charge in [0, 0.05) is 0 Å². The third kappa shape index (κ3) is 4.73. The molecule has 0 unspecified atom stereocenters. The van der Waals surface area contributed by atoms with Gasteiger partial charge in [0.25, 0.3) is 0 Å². The number of amides is 1. The molecule has 0 aromatic heterocycles. The maximum atomic E-state index is 12.4. The van der Waals surface area contributed by atoms with E-state index in [2.05, 4.69) is 4.74 Å². The highest BCUT2D eigenvalue weighted by Gasteiger charge is 2.44. The minimum Gasteiger partial charge on any atom is -0.469 e. The van der Waals surface area contributed by atoms with Gasteiger partial charge in [0.2, 0.25) is 0 Å². The Morgan fingerprint density at radius 1 is 1.36 bits per heavy atom. The standard InChI is InChI=1S/C16H27NO5/c1-11(13(18)20-7)8-9-12-10-21-16(5,6)17(12)14(19)22-15(2,3)4/h8-9,11-12H,10H2,1-7H3/b9-8+/t11-,12+/m0/s1. The van der Waals surface area contributed by atoms with E-state index >= 15 is 0 Å². The molecular weight excluding hydrogens is 286 g/mol. The van der Waals surface area contributed by atoms with Crippen molar-refractivity contribution in [2.45, 2.75) is 58.9 Å². The first-order valence-electron chi connectivity index (χ1n) is 7.40. The van der Waals surface area contributed by atoms with Crippen LogP contribution in [0.4, 0.5) is 4.79 Å². The topological polar surface area (TPSA) is 65.1 Å². The fourth-order valence-electron chi connectivity index (χ4n) is 2.20. The number of methoxy groups -OCH3 is 1. The Balaban J connectivity index is 2.88. The van der Waals surface area contributed by atoms with E-state index in [1.165, 1.54) is 7.11 Å². The summed E-state index contributed by atoms with van der Waals surface area (Å²) < 4.78 is 15.8. The largest absolute Gasteiger partial charge is 0.469 e. The van der Waals surface area contributed by atoms with E-state index in [0.29, 0.717) is 6.61 Å². The van der Waals surface area contributed by atoms with Crippen molar-refractivity contribution in [3.05, 3.63) is 12.2 Å². The van der Waals surface area contributed by atoms with Crippen LogP contribution in [0.5, 0.6) is 0 Å². The van der Waals surface area contributed by atoms with E-state index in [1.54, 1.807) is 24.0 Å². The second-order valence-corrected chi connectivity index (χ2v) is 6.87. The number of hydrogen-bond donors (Lipinski definition) is 0. The molecule has 6 nitrogen and oxygen atoms in total. The van der Waals surface area contributed by atoms with Gasteiger partial charge in [0.1, 0.15) is 11.3 Å². The highest BCUT2D eigenvalue weighted by Crippen LogP contribution is 2.30. The van der Waals surface area contributed by atoms with Crippen LogP contribution in [0.1, 0.15) is 41.5 Å². The molecule has 0 N–H and O–H groups in total. The molecule has 0 saturated carbocycles. The molecule has 0 aliphatic carbocycles. The van der Waals surface area contributed by atoms with Gasteiger partial charge in [0.05, 0.1) is 25.7 Å². The van der Waals surface area contributed by atoms with Gasteiger partial charge in [-0.1, -0.05) is 12.2 Å². The maximum Gasteiger partial charge on any atom is 0.413 e. The number of rotatable bonds is 3. The first-order chi connectivity index (χ1) is 9.98. The molecule has 1 rings (SSSR count). The van der Waals surface area contributed by atoms with Crippen molar-refractivity contribution >= 4 is 12.1 Å². The summed E-state index contributed by atoms with van der Waals surface area (Å²) in [4.78, 5) is 25.4. The monoisotopic (exact) mass is 313 g/mol. The van der Waals surface area contributed by atoms with E-state index < -0.39 is 17.4 Å². The molecule has 126 valence electrons. The zero-order valence-corrected chi connectivity index (χ0v) is 14.5. The predicted molar refractivity (Wildman–Crippen MR) is 82.2 cm³/mol. The quantitative estimate of drug-likeness (QED) is 0.592. The Hall–Kier alpha value is -1.56. The average Bonchev–Trinajstić information content (AvgIpc) is 2.68. The van der Waals surface area contributed by atoms with Crippen LogP contribution in [-0.2, 0) is 19.0 Å². The highest BCUT2D eigenvalue weighted by molar-refractivity contribution is 5.74. The Morgan fingerprint density at radius 3 is 2.45 bits per heavy atom. The highest BCUT2D eigenvalue weighted by atomic mass is 16.6. The molecule has 0 bridgehead atoms. The zero-order chi connectivity index (χ0) is 17.1. The summed E-state index contributed by atoms with van der Waals surface area (Å²) in [5.74, 6) is -0.701. The smallest absolute Gasteiger partial charge is 0.413 e. The van der Waals surface area contributed by atoms with E-state index in [4.69, 9.17) is 9.47 Å². The molecule has 1 amide bonds. The molecule has 1 heterocycles. The average molecular weight is 313 g/mol. The van der Waals surface area contributed by atoms with Crippen LogP contribution in [0.2, 0.25) is 0 Å². The number of carbonyl (C=O) groups excluding carboxylic acids is 2. The molecule has 22 heavy (non-hydrogen) atoms. The van der Waals surface area contributed by atoms with Crippen molar-refractivity contribution in [2.75, 3.05) is 13.7 Å². The first-order valence-corrected chi connectivity index (χ1v) is 7.40. The van der Waals surface area contributed by atoms with Gasteiger partial charge in [-0.2, -0.15) is 0 Å². The third-order valence-corrected chi connectivity index (χ3v) is 3.30. The Morgan fingerprint density at radius 2 is 1.95 bits per heavy atom. The van der Waals surface area contributed by atoms with Crippen LogP contribution in [0.25, 0.3) is 0 Å². The SMILES string of the molecule is COC(=O)[C@@H](C)/C=C/[C@@H]1COC(C)(C)N1C(=O)OC(C)(C)C. The minimum absolute atomic E-state index is 0.281. The molecule has 0 aromatic carbocycles. The molecule has 6 heteroatoms. The van der Waals surface area contributed by atoms with Crippen LogP contribution in [0.3, 0.4) is 0 Å². The van der Waals surface area contributed by atoms with Gasteiger partial charge in [-0.3, -0.25) is 9.69 Å². The Bertz CT molecular complexity index is 450. The summed E-state index contributed by atoms with van der Waals surface area (Å²) in [6.07, 6.45) is 3.08. The van der Waals surface area contributed by atoms with E-state index in [0.717, 1.165) is 0 Å². The summed E-state index contributed by atoms with van der Waals surface area (Å²) in [5.41, 5.74) is -1.34. The molecule has 1 aliphatic heterocycles. The van der Waals surface area contributed by atoms with Crippen molar-refractivity contribution in [2.24, 2.45) is 5.92 Å². The summed E-state index contributed by atoms with van der Waals surface area (Å²) in [6.45, 7) is 11.2. The summed E-state index contributed by atoms with van der Waals surface area (Å²) in [6, 6.07) is -0.281. The summed E-state index contributed by atoms with van der Waals surface area (Å²) in [5, 5.41) is 0. The number of carbonyl (C=O) groups is 2. The molecular formula is C16H27NO5. The molecule has 0 aromatic rings. The first kappa shape index (κ1) is 18.5. The second kappa shape index (κ2) is 6.69. The van der Waals surface area contributed by atoms with Gasteiger partial charge >= 0.3 is 12.1 Å². The van der Waals surface area contributed by atoms with Gasteiger partial charge < -0.3 is 14.2 Å². The molecule has 0 spiro atoms. The lowest BCUT2D eigenvalue weighted by molar-refractivity contribution is -0.143. The number of nitrogens with zero attached hydrogens (tertiary/aromatic N) is 1. The second-order valence-electron chi connectivity index (χ2n) is 6.87. The van der Waals surface area contributed by atoms with Crippen LogP contribution < -0.4 is 0 Å². The van der Waals surface area contributed by atoms with Gasteiger partial charge in [-0.15, -0.1) is 0 Å². The van der Waals surface area contributed by atoms with Gasteiger partial charge in [-0.25, -0.2) is 4.79 Å². The fraction of sp³-hybridized carbons (Fsp3) is 0.750. The molecule has 2 atom stereocenters. The third-order valence-electron chi connectivity index (χ3n) is 3.30. The predicted octanol–water partition coefficient (Wildman–Crippen LogP) is 2.72. The van der Waals surface area contributed by atoms with Crippen molar-refractivity contribution in [1.29, 1.82) is 0 Å². The van der Waals surface area contributed by atoms with Crippen molar-refractivity contribution in [3.8, 4) is 0 Å². The van der Waals surface area contributed by atoms with Crippen molar-refractivity contribution < 1.29 is 23.8 Å². The fourth-order valence-corrected chi connectivity index (χ4v) is 2.20. The normalized spacial score (nSPS) is 22.7. The molecule has 1 aliphatic rings. The number of esters is 1.